The van der Waals surface area contributed by atoms with Crippen LogP contribution in [-0.2, 0) is 14.6 Å². The van der Waals surface area contributed by atoms with Crippen molar-refractivity contribution in [3.63, 3.8) is 0 Å². The topological polar surface area (TPSA) is 83.9 Å². The Morgan fingerprint density at radius 3 is 2.86 bits per heavy atom. The lowest BCUT2D eigenvalue weighted by atomic mass is 10.2. The van der Waals surface area contributed by atoms with Crippen molar-refractivity contribution < 1.29 is 23.1 Å². The molecule has 0 bridgehead atoms. The molecule has 1 atom stereocenters. The van der Waals surface area contributed by atoms with Gasteiger partial charge in [0.05, 0.1) is 28.9 Å². The predicted molar refractivity (Wildman–Crippen MR) is 80.4 cm³/mol. The van der Waals surface area contributed by atoms with E-state index < -0.39 is 21.9 Å². The molecule has 0 radical (unpaired) electrons. The number of nitrogens with zero attached hydrogens (tertiary/aromatic N) is 1. The van der Waals surface area contributed by atoms with Gasteiger partial charge in [0.2, 0.25) is 0 Å². The van der Waals surface area contributed by atoms with Crippen molar-refractivity contribution in [2.75, 3.05) is 32.5 Å². The van der Waals surface area contributed by atoms with E-state index in [1.807, 2.05) is 11.9 Å². The number of aromatic carboxylic acids is 1. The summed E-state index contributed by atoms with van der Waals surface area (Å²) < 4.78 is 30.6. The molecule has 1 heterocycles. The number of hydrogen-bond donors (Lipinski definition) is 1. The average Bonchev–Trinajstić information content (AvgIpc) is 2.38. The molecule has 1 saturated heterocycles. The number of sulfone groups is 1. The van der Waals surface area contributed by atoms with Crippen LogP contribution < -0.4 is 0 Å². The van der Waals surface area contributed by atoms with E-state index in [9.17, 15) is 13.2 Å². The van der Waals surface area contributed by atoms with Crippen molar-refractivity contribution in [3.8, 4) is 0 Å². The number of carboxylic acid groups (broad SMARTS) is 1. The highest BCUT2D eigenvalue weighted by molar-refractivity contribution is 9.10. The first-order valence-electron chi connectivity index (χ1n) is 6.35. The van der Waals surface area contributed by atoms with Crippen molar-refractivity contribution in [1.29, 1.82) is 0 Å². The Balaban J connectivity index is 2.23. The summed E-state index contributed by atoms with van der Waals surface area (Å²) in [4.78, 5) is 13.1. The van der Waals surface area contributed by atoms with Crippen LogP contribution in [-0.4, -0.2) is 63.0 Å². The Morgan fingerprint density at radius 1 is 1.52 bits per heavy atom. The molecule has 1 aliphatic rings. The molecule has 2 rings (SSSR count). The fourth-order valence-corrected chi connectivity index (χ4v) is 4.04. The summed E-state index contributed by atoms with van der Waals surface area (Å²) in [6.07, 6.45) is -0.398. The van der Waals surface area contributed by atoms with Crippen LogP contribution in [0.5, 0.6) is 0 Å². The van der Waals surface area contributed by atoms with E-state index >= 15 is 0 Å². The Hall–Kier alpha value is -0.960. The zero-order valence-electron chi connectivity index (χ0n) is 11.5. The first kappa shape index (κ1) is 16.4. The van der Waals surface area contributed by atoms with E-state index in [4.69, 9.17) is 9.84 Å². The molecule has 1 aliphatic heterocycles. The number of rotatable bonds is 4. The standard InChI is InChI=1S/C13H16BrNO5S/c1-15-4-5-20-9(7-15)8-21(18,19)10-2-3-12(14)11(6-10)13(16)17/h2-3,6,9H,4-5,7-8H2,1H3,(H,16,17). The first-order chi connectivity index (χ1) is 9.79. The van der Waals surface area contributed by atoms with Crippen LogP contribution in [0, 0.1) is 0 Å². The molecule has 116 valence electrons. The van der Waals surface area contributed by atoms with Crippen LogP contribution >= 0.6 is 15.9 Å². The Kier molecular flexibility index (Phi) is 5.03. The van der Waals surface area contributed by atoms with Gasteiger partial charge in [0.1, 0.15) is 0 Å². The van der Waals surface area contributed by atoms with Gasteiger partial charge in [-0.3, -0.25) is 0 Å². The van der Waals surface area contributed by atoms with Crippen LogP contribution in [0.25, 0.3) is 0 Å². The lowest BCUT2D eigenvalue weighted by Crippen LogP contribution is -2.43. The Morgan fingerprint density at radius 2 is 2.24 bits per heavy atom. The van der Waals surface area contributed by atoms with Crippen molar-refractivity contribution in [2.45, 2.75) is 11.0 Å². The van der Waals surface area contributed by atoms with Gasteiger partial charge in [-0.2, -0.15) is 0 Å². The predicted octanol–water partition coefficient (Wildman–Crippen LogP) is 1.25. The van der Waals surface area contributed by atoms with Gasteiger partial charge in [-0.25, -0.2) is 13.2 Å². The first-order valence-corrected chi connectivity index (χ1v) is 8.80. The smallest absolute Gasteiger partial charge is 0.336 e. The van der Waals surface area contributed by atoms with E-state index in [-0.39, 0.29) is 16.2 Å². The molecule has 21 heavy (non-hydrogen) atoms. The molecule has 0 spiro atoms. The van der Waals surface area contributed by atoms with Crippen LogP contribution in [0.3, 0.4) is 0 Å². The lowest BCUT2D eigenvalue weighted by Gasteiger charge is -2.29. The normalized spacial score (nSPS) is 20.4. The maximum Gasteiger partial charge on any atom is 0.336 e. The fraction of sp³-hybridized carbons (Fsp3) is 0.462. The van der Waals surface area contributed by atoms with Gasteiger partial charge in [-0.15, -0.1) is 0 Å². The van der Waals surface area contributed by atoms with Gasteiger partial charge in [0.15, 0.2) is 9.84 Å². The van der Waals surface area contributed by atoms with E-state index in [0.717, 1.165) is 6.54 Å². The van der Waals surface area contributed by atoms with Gasteiger partial charge in [0.25, 0.3) is 0 Å². The highest BCUT2D eigenvalue weighted by Crippen LogP contribution is 2.23. The Labute approximate surface area is 131 Å². The number of hydrogen-bond acceptors (Lipinski definition) is 5. The molecule has 0 aliphatic carbocycles. The summed E-state index contributed by atoms with van der Waals surface area (Å²) in [6.45, 7) is 1.82. The molecular formula is C13H16BrNO5S. The van der Waals surface area contributed by atoms with E-state index in [2.05, 4.69) is 15.9 Å². The number of halogens is 1. The maximum atomic E-state index is 12.4. The third-order valence-electron chi connectivity index (χ3n) is 3.27. The van der Waals surface area contributed by atoms with Gasteiger partial charge < -0.3 is 14.7 Å². The summed E-state index contributed by atoms with van der Waals surface area (Å²) in [5, 5.41) is 9.06. The highest BCUT2D eigenvalue weighted by Gasteiger charge is 2.26. The molecule has 0 aromatic heterocycles. The van der Waals surface area contributed by atoms with Crippen LogP contribution in [0.4, 0.5) is 0 Å². The third-order valence-corrected chi connectivity index (χ3v) is 5.75. The molecule has 0 amide bonds. The molecule has 1 fully saturated rings. The quantitative estimate of drug-likeness (QED) is 0.849. The summed E-state index contributed by atoms with van der Waals surface area (Å²) in [7, 11) is -1.68. The average molecular weight is 378 g/mol. The van der Waals surface area contributed by atoms with E-state index in [1.165, 1.54) is 18.2 Å². The number of ether oxygens (including phenoxy) is 1. The number of carboxylic acids is 1. The van der Waals surface area contributed by atoms with E-state index in [1.54, 1.807) is 0 Å². The van der Waals surface area contributed by atoms with Crippen molar-refractivity contribution in [2.24, 2.45) is 0 Å². The summed E-state index contributed by atoms with van der Waals surface area (Å²) >= 11 is 3.10. The molecule has 8 heteroatoms. The van der Waals surface area contributed by atoms with Gasteiger partial charge >= 0.3 is 5.97 Å². The second-order valence-corrected chi connectivity index (χ2v) is 7.87. The molecule has 0 saturated carbocycles. The SMILES string of the molecule is CN1CCOC(CS(=O)(=O)c2ccc(Br)c(C(=O)O)c2)C1. The molecule has 1 N–H and O–H groups in total. The minimum Gasteiger partial charge on any atom is -0.478 e. The summed E-state index contributed by atoms with van der Waals surface area (Å²) in [5.41, 5.74) is -0.0715. The minimum absolute atomic E-state index is 0.0000680. The number of benzene rings is 1. The Bertz CT molecular complexity index is 646. The second kappa shape index (κ2) is 6.43. The largest absolute Gasteiger partial charge is 0.478 e. The van der Waals surface area contributed by atoms with Gasteiger partial charge in [-0.05, 0) is 41.2 Å². The van der Waals surface area contributed by atoms with E-state index in [0.29, 0.717) is 17.6 Å². The number of carbonyl (C=O) groups is 1. The number of likely N-dealkylation sites (N-methyl/N-ethyl adjacent to an activating group) is 1. The highest BCUT2D eigenvalue weighted by atomic mass is 79.9. The van der Waals surface area contributed by atoms with Gasteiger partial charge in [-0.1, -0.05) is 0 Å². The van der Waals surface area contributed by atoms with Crippen LogP contribution in [0.2, 0.25) is 0 Å². The number of morpholine rings is 1. The maximum absolute atomic E-state index is 12.4. The lowest BCUT2D eigenvalue weighted by molar-refractivity contribution is -0.00680. The van der Waals surface area contributed by atoms with Crippen LogP contribution in [0.15, 0.2) is 27.6 Å². The van der Waals surface area contributed by atoms with Crippen LogP contribution in [0.1, 0.15) is 10.4 Å². The second-order valence-electron chi connectivity index (χ2n) is 4.98. The monoisotopic (exact) mass is 377 g/mol. The zero-order chi connectivity index (χ0) is 15.6. The van der Waals surface area contributed by atoms with Crippen molar-refractivity contribution >= 4 is 31.7 Å². The minimum atomic E-state index is -3.59. The molecule has 1 unspecified atom stereocenters. The third kappa shape index (κ3) is 4.03. The molecule has 1 aromatic carbocycles. The van der Waals surface area contributed by atoms with Gasteiger partial charge in [0, 0.05) is 17.6 Å². The molecule has 1 aromatic rings. The van der Waals surface area contributed by atoms with Crippen molar-refractivity contribution in [3.05, 3.63) is 28.2 Å². The molecular weight excluding hydrogens is 362 g/mol. The summed E-state index contributed by atoms with van der Waals surface area (Å²) in [5.74, 6) is -1.33. The van der Waals surface area contributed by atoms with Crippen molar-refractivity contribution in [1.82, 2.24) is 4.90 Å². The summed E-state index contributed by atoms with van der Waals surface area (Å²) in [6, 6.07) is 4.01. The zero-order valence-corrected chi connectivity index (χ0v) is 13.9. The fourth-order valence-electron chi connectivity index (χ4n) is 2.17. The molecule has 6 nitrogen and oxygen atoms in total.